The molecule has 0 unspecified atom stereocenters. The fourth-order valence-electron chi connectivity index (χ4n) is 2.98. The summed E-state index contributed by atoms with van der Waals surface area (Å²) >= 11 is 5.91. The molecular weight excluding hydrogens is 388 g/mol. The fraction of sp³-hybridized carbons (Fsp3) is 0.316. The summed E-state index contributed by atoms with van der Waals surface area (Å²) in [4.78, 5) is 14.4. The molecule has 0 saturated carbocycles. The van der Waals surface area contributed by atoms with Crippen LogP contribution in [0.1, 0.15) is 5.56 Å². The molecule has 1 saturated heterocycles. The van der Waals surface area contributed by atoms with E-state index in [1.54, 1.807) is 24.1 Å². The van der Waals surface area contributed by atoms with Crippen molar-refractivity contribution in [3.05, 3.63) is 59.1 Å². The third kappa shape index (κ3) is 4.61. The minimum atomic E-state index is -3.60. The van der Waals surface area contributed by atoms with E-state index in [0.29, 0.717) is 18.1 Å². The van der Waals surface area contributed by atoms with E-state index in [1.165, 1.54) is 16.4 Å². The maximum absolute atomic E-state index is 12.7. The Morgan fingerprint density at radius 3 is 2.33 bits per heavy atom. The van der Waals surface area contributed by atoms with Gasteiger partial charge in [-0.2, -0.15) is 4.31 Å². The van der Waals surface area contributed by atoms with Crippen LogP contribution < -0.4 is 4.74 Å². The summed E-state index contributed by atoms with van der Waals surface area (Å²) < 4.78 is 31.9. The molecule has 1 aliphatic heterocycles. The highest BCUT2D eigenvalue weighted by molar-refractivity contribution is 7.89. The number of rotatable bonds is 5. The van der Waals surface area contributed by atoms with E-state index in [4.69, 9.17) is 16.3 Å². The second-order valence-electron chi connectivity index (χ2n) is 6.27. The van der Waals surface area contributed by atoms with Crippen LogP contribution >= 0.6 is 11.6 Å². The van der Waals surface area contributed by atoms with Gasteiger partial charge in [-0.05, 0) is 35.9 Å². The molecule has 144 valence electrons. The first-order chi connectivity index (χ1) is 12.9. The van der Waals surface area contributed by atoms with E-state index in [2.05, 4.69) is 0 Å². The van der Waals surface area contributed by atoms with Crippen molar-refractivity contribution in [1.82, 2.24) is 9.21 Å². The van der Waals surface area contributed by atoms with Crippen molar-refractivity contribution in [2.75, 3.05) is 33.3 Å². The van der Waals surface area contributed by atoms with Crippen LogP contribution in [-0.4, -0.2) is 56.8 Å². The van der Waals surface area contributed by atoms with Crippen LogP contribution in [0.2, 0.25) is 5.02 Å². The third-order valence-corrected chi connectivity index (χ3v) is 6.67. The van der Waals surface area contributed by atoms with Crippen molar-refractivity contribution in [3.63, 3.8) is 0 Å². The fourth-order valence-corrected chi connectivity index (χ4v) is 4.71. The number of hydrogen-bond acceptors (Lipinski definition) is 4. The van der Waals surface area contributed by atoms with Crippen LogP contribution in [0.3, 0.4) is 0 Å². The van der Waals surface area contributed by atoms with Gasteiger partial charge in [-0.3, -0.25) is 4.79 Å². The molecule has 2 aromatic rings. The predicted molar refractivity (Wildman–Crippen MR) is 103 cm³/mol. The van der Waals surface area contributed by atoms with Crippen molar-refractivity contribution in [3.8, 4) is 5.75 Å². The molecule has 0 atom stereocenters. The highest BCUT2D eigenvalue weighted by atomic mass is 35.5. The van der Waals surface area contributed by atoms with Gasteiger partial charge in [0.25, 0.3) is 0 Å². The molecule has 6 nitrogen and oxygen atoms in total. The van der Waals surface area contributed by atoms with Gasteiger partial charge in [-0.15, -0.1) is 0 Å². The lowest BCUT2D eigenvalue weighted by Crippen LogP contribution is -2.50. The molecule has 1 fully saturated rings. The number of halogens is 1. The molecule has 0 aromatic heterocycles. The summed E-state index contributed by atoms with van der Waals surface area (Å²) in [7, 11) is -2.01. The van der Waals surface area contributed by atoms with E-state index in [-0.39, 0.29) is 30.3 Å². The number of carbonyl (C=O) groups is 1. The molecule has 3 rings (SSSR count). The zero-order chi connectivity index (χ0) is 19.4. The number of methoxy groups -OCH3 is 1. The van der Waals surface area contributed by atoms with Gasteiger partial charge in [0.2, 0.25) is 15.9 Å². The Balaban J connectivity index is 1.60. The molecule has 1 aliphatic rings. The Kier molecular flexibility index (Phi) is 6.04. The van der Waals surface area contributed by atoms with Gasteiger partial charge in [-0.25, -0.2) is 8.42 Å². The molecule has 0 spiro atoms. The highest BCUT2D eigenvalue weighted by Crippen LogP contribution is 2.21. The van der Waals surface area contributed by atoms with Crippen LogP contribution in [0.15, 0.2) is 53.4 Å². The van der Waals surface area contributed by atoms with Gasteiger partial charge in [0, 0.05) is 31.2 Å². The van der Waals surface area contributed by atoms with Crippen molar-refractivity contribution >= 4 is 27.5 Å². The van der Waals surface area contributed by atoms with E-state index in [1.807, 2.05) is 24.3 Å². The van der Waals surface area contributed by atoms with Crippen LogP contribution in [-0.2, 0) is 21.2 Å². The predicted octanol–water partition coefficient (Wildman–Crippen LogP) is 2.42. The topological polar surface area (TPSA) is 66.9 Å². The lowest BCUT2D eigenvalue weighted by Gasteiger charge is -2.34. The molecule has 8 heteroatoms. The van der Waals surface area contributed by atoms with Gasteiger partial charge in [0.15, 0.2) is 0 Å². The highest BCUT2D eigenvalue weighted by Gasteiger charge is 2.30. The molecule has 2 aromatic carbocycles. The lowest BCUT2D eigenvalue weighted by atomic mass is 10.1. The second kappa shape index (κ2) is 8.29. The lowest BCUT2D eigenvalue weighted by molar-refractivity contribution is -0.131. The third-order valence-electron chi connectivity index (χ3n) is 4.54. The quantitative estimate of drug-likeness (QED) is 0.762. The Morgan fingerprint density at radius 1 is 1.07 bits per heavy atom. The standard InChI is InChI=1S/C19H21ClN2O4S/c1-26-17-7-5-15(6-8-17)13-19(23)21-9-11-22(12-10-21)27(24,25)18-4-2-3-16(20)14-18/h2-8,14H,9-13H2,1H3. The summed E-state index contributed by atoms with van der Waals surface area (Å²) in [6, 6.07) is 13.6. The maximum atomic E-state index is 12.7. The van der Waals surface area contributed by atoms with E-state index < -0.39 is 10.0 Å². The Morgan fingerprint density at radius 2 is 1.74 bits per heavy atom. The van der Waals surface area contributed by atoms with Crippen molar-refractivity contribution in [2.45, 2.75) is 11.3 Å². The second-order valence-corrected chi connectivity index (χ2v) is 8.64. The number of carbonyl (C=O) groups excluding carboxylic acids is 1. The average Bonchev–Trinajstić information content (AvgIpc) is 2.68. The largest absolute Gasteiger partial charge is 0.497 e. The van der Waals surface area contributed by atoms with E-state index >= 15 is 0 Å². The first kappa shape index (κ1) is 19.7. The molecule has 1 heterocycles. The van der Waals surface area contributed by atoms with E-state index in [9.17, 15) is 13.2 Å². The minimum Gasteiger partial charge on any atom is -0.497 e. The van der Waals surface area contributed by atoms with E-state index in [0.717, 1.165) is 11.3 Å². The van der Waals surface area contributed by atoms with Crippen molar-refractivity contribution < 1.29 is 17.9 Å². The number of amides is 1. The molecule has 27 heavy (non-hydrogen) atoms. The first-order valence-corrected chi connectivity index (χ1v) is 10.4. The summed E-state index contributed by atoms with van der Waals surface area (Å²) in [6.45, 7) is 1.27. The van der Waals surface area contributed by atoms with Crippen LogP contribution in [0.4, 0.5) is 0 Å². The number of sulfonamides is 1. The van der Waals surface area contributed by atoms with Gasteiger partial charge < -0.3 is 9.64 Å². The monoisotopic (exact) mass is 408 g/mol. The molecular formula is C19H21ClN2O4S. The molecule has 0 aliphatic carbocycles. The number of benzene rings is 2. The minimum absolute atomic E-state index is 0.0139. The average molecular weight is 409 g/mol. The smallest absolute Gasteiger partial charge is 0.243 e. The van der Waals surface area contributed by atoms with Crippen LogP contribution in [0.5, 0.6) is 5.75 Å². The van der Waals surface area contributed by atoms with Gasteiger partial charge in [-0.1, -0.05) is 29.8 Å². The Labute approximate surface area is 164 Å². The molecule has 1 amide bonds. The number of nitrogens with zero attached hydrogens (tertiary/aromatic N) is 2. The summed E-state index contributed by atoms with van der Waals surface area (Å²) in [5.74, 6) is 0.728. The number of ether oxygens (including phenoxy) is 1. The first-order valence-electron chi connectivity index (χ1n) is 8.56. The zero-order valence-corrected chi connectivity index (χ0v) is 16.5. The number of hydrogen-bond donors (Lipinski definition) is 0. The summed E-state index contributed by atoms with van der Waals surface area (Å²) in [5.41, 5.74) is 0.898. The summed E-state index contributed by atoms with van der Waals surface area (Å²) in [6.07, 6.45) is 0.283. The molecule has 0 radical (unpaired) electrons. The summed E-state index contributed by atoms with van der Waals surface area (Å²) in [5, 5.41) is 0.379. The zero-order valence-electron chi connectivity index (χ0n) is 15.0. The van der Waals surface area contributed by atoms with Crippen molar-refractivity contribution in [2.24, 2.45) is 0 Å². The normalized spacial score (nSPS) is 15.6. The van der Waals surface area contributed by atoms with Crippen LogP contribution in [0.25, 0.3) is 0 Å². The Hall–Kier alpha value is -2.09. The molecule has 0 bridgehead atoms. The van der Waals surface area contributed by atoms with Gasteiger partial charge in [0.1, 0.15) is 5.75 Å². The van der Waals surface area contributed by atoms with Crippen molar-refractivity contribution in [1.29, 1.82) is 0 Å². The van der Waals surface area contributed by atoms with Gasteiger partial charge >= 0.3 is 0 Å². The maximum Gasteiger partial charge on any atom is 0.243 e. The Bertz CT molecular complexity index is 908. The molecule has 0 N–H and O–H groups in total. The van der Waals surface area contributed by atoms with Crippen LogP contribution in [0, 0.1) is 0 Å². The SMILES string of the molecule is COc1ccc(CC(=O)N2CCN(S(=O)(=O)c3cccc(Cl)c3)CC2)cc1. The van der Waals surface area contributed by atoms with Gasteiger partial charge in [0.05, 0.1) is 18.4 Å². The number of piperazine rings is 1.